The molecular weight excluding hydrogens is 192 g/mol. The lowest BCUT2D eigenvalue weighted by Crippen LogP contribution is -2.55. The minimum atomic E-state index is -1.34. The van der Waals surface area contributed by atoms with Gasteiger partial charge >= 0.3 is 0 Å². The molecule has 0 saturated carbocycles. The summed E-state index contributed by atoms with van der Waals surface area (Å²) in [5.74, 6) is 0. The lowest BCUT2D eigenvalue weighted by Gasteiger charge is -2.39. The van der Waals surface area contributed by atoms with Crippen LogP contribution in [0.15, 0.2) is 11.8 Å². The summed E-state index contributed by atoms with van der Waals surface area (Å²) in [4.78, 5) is 10.4. The van der Waals surface area contributed by atoms with E-state index < -0.39 is 15.2 Å². The first-order valence-electron chi connectivity index (χ1n) is 4.85. The molecule has 0 bridgehead atoms. The van der Waals surface area contributed by atoms with Crippen molar-refractivity contribution in [2.45, 2.75) is 45.6 Å². The predicted octanol–water partition coefficient (Wildman–Crippen LogP) is 3.19. The van der Waals surface area contributed by atoms with Crippen LogP contribution in [0.4, 0.5) is 0 Å². The van der Waals surface area contributed by atoms with E-state index in [-0.39, 0.29) is 0 Å². The average molecular weight is 214 g/mol. The molecular formula is C10H22OSi2. The van der Waals surface area contributed by atoms with Crippen molar-refractivity contribution in [2.24, 2.45) is 0 Å². The van der Waals surface area contributed by atoms with Gasteiger partial charge in [-0.25, -0.2) is 0 Å². The van der Waals surface area contributed by atoms with Crippen LogP contribution in [0.3, 0.4) is 0 Å². The van der Waals surface area contributed by atoms with Crippen molar-refractivity contribution in [3.05, 3.63) is 11.8 Å². The van der Waals surface area contributed by atoms with Crippen LogP contribution in [0.1, 0.15) is 13.3 Å². The summed E-state index contributed by atoms with van der Waals surface area (Å²) in [6.45, 7) is 15.9. The maximum absolute atomic E-state index is 10.4. The Labute approximate surface area is 84.0 Å². The van der Waals surface area contributed by atoms with E-state index in [1.165, 1.54) is 5.20 Å². The van der Waals surface area contributed by atoms with E-state index in [9.17, 15) is 4.79 Å². The van der Waals surface area contributed by atoms with E-state index in [1.807, 2.05) is 0 Å². The van der Waals surface area contributed by atoms with Crippen LogP contribution in [-0.2, 0) is 4.79 Å². The Morgan fingerprint density at radius 3 is 2.00 bits per heavy atom. The number of rotatable bonds is 5. The van der Waals surface area contributed by atoms with Crippen molar-refractivity contribution in [2.75, 3.05) is 0 Å². The molecule has 0 fully saturated rings. The van der Waals surface area contributed by atoms with Gasteiger partial charge in [-0.05, 0) is 13.0 Å². The zero-order valence-electron chi connectivity index (χ0n) is 9.61. The van der Waals surface area contributed by atoms with Gasteiger partial charge in [0, 0.05) is 14.0 Å². The van der Waals surface area contributed by atoms with Gasteiger partial charge < -0.3 is 4.79 Å². The van der Waals surface area contributed by atoms with Crippen molar-refractivity contribution < 1.29 is 4.79 Å². The molecule has 0 aliphatic rings. The molecule has 0 aliphatic heterocycles. The minimum Gasteiger partial charge on any atom is -0.303 e. The van der Waals surface area contributed by atoms with Gasteiger partial charge in [-0.3, -0.25) is 0 Å². The third kappa shape index (κ3) is 2.91. The standard InChI is InChI=1S/C10H22OSi2/c1-10(2)13(6,9-7-8-11)12(3,4)5/h8H,1,7,9H2,2-6H3. The van der Waals surface area contributed by atoms with Crippen LogP contribution < -0.4 is 0 Å². The number of hydrogen-bond donors (Lipinski definition) is 0. The topological polar surface area (TPSA) is 17.1 Å². The monoisotopic (exact) mass is 214 g/mol. The third-order valence-corrected chi connectivity index (χ3v) is 21.8. The summed E-state index contributed by atoms with van der Waals surface area (Å²) < 4.78 is 0. The summed E-state index contributed by atoms with van der Waals surface area (Å²) in [6, 6.07) is 1.10. The fraction of sp³-hybridized carbons (Fsp3) is 0.700. The first kappa shape index (κ1) is 12.8. The second kappa shape index (κ2) is 4.37. The highest BCUT2D eigenvalue weighted by Crippen LogP contribution is 2.29. The maximum Gasteiger partial charge on any atom is 0.119 e. The highest BCUT2D eigenvalue weighted by molar-refractivity contribution is 7.43. The molecule has 0 aromatic heterocycles. The van der Waals surface area contributed by atoms with Crippen LogP contribution >= 0.6 is 0 Å². The lowest BCUT2D eigenvalue weighted by molar-refractivity contribution is -0.107. The van der Waals surface area contributed by atoms with E-state index >= 15 is 0 Å². The van der Waals surface area contributed by atoms with E-state index in [1.54, 1.807) is 0 Å². The summed E-state index contributed by atoms with van der Waals surface area (Å²) in [5, 5.41) is 1.37. The molecule has 0 saturated heterocycles. The van der Waals surface area contributed by atoms with Gasteiger partial charge in [0.1, 0.15) is 6.29 Å². The van der Waals surface area contributed by atoms with Crippen molar-refractivity contribution in [1.29, 1.82) is 0 Å². The Morgan fingerprint density at radius 1 is 1.31 bits per heavy atom. The Kier molecular flexibility index (Phi) is 4.32. The number of carbonyl (C=O) groups excluding carboxylic acids is 1. The third-order valence-electron chi connectivity index (χ3n) is 3.36. The van der Waals surface area contributed by atoms with Crippen molar-refractivity contribution >= 4 is 21.5 Å². The second-order valence-corrected chi connectivity index (χ2v) is 21.4. The predicted molar refractivity (Wildman–Crippen MR) is 65.3 cm³/mol. The Morgan fingerprint density at radius 2 is 1.77 bits per heavy atom. The first-order valence-corrected chi connectivity index (χ1v) is 12.1. The molecule has 1 nitrogen and oxygen atoms in total. The zero-order valence-corrected chi connectivity index (χ0v) is 11.6. The van der Waals surface area contributed by atoms with Gasteiger partial charge in [0.2, 0.25) is 0 Å². The van der Waals surface area contributed by atoms with Gasteiger partial charge in [-0.15, -0.1) is 6.58 Å². The molecule has 13 heavy (non-hydrogen) atoms. The number of allylic oxidation sites excluding steroid dienone is 1. The highest BCUT2D eigenvalue weighted by Gasteiger charge is 2.41. The second-order valence-electron chi connectivity index (χ2n) is 5.07. The Balaban J connectivity index is 4.73. The van der Waals surface area contributed by atoms with Crippen molar-refractivity contribution in [3.8, 4) is 0 Å². The molecule has 0 amide bonds. The molecule has 1 atom stereocenters. The van der Waals surface area contributed by atoms with Gasteiger partial charge in [0.25, 0.3) is 0 Å². The molecule has 0 aromatic carbocycles. The average Bonchev–Trinajstić information content (AvgIpc) is 1.97. The smallest absolute Gasteiger partial charge is 0.119 e. The van der Waals surface area contributed by atoms with Gasteiger partial charge in [0.05, 0.1) is 7.59 Å². The molecule has 0 N–H and O–H groups in total. The minimum absolute atomic E-state index is 0.722. The Hall–Kier alpha value is -0.156. The fourth-order valence-electron chi connectivity index (χ4n) is 1.58. The summed E-state index contributed by atoms with van der Waals surface area (Å²) in [6.07, 6.45) is 1.77. The quantitative estimate of drug-likeness (QED) is 0.507. The molecule has 0 radical (unpaired) electrons. The number of aldehydes is 1. The molecule has 0 aromatic rings. The molecule has 76 valence electrons. The zero-order chi connectivity index (χ0) is 10.7. The summed E-state index contributed by atoms with van der Waals surface area (Å²) >= 11 is 0. The van der Waals surface area contributed by atoms with E-state index in [0.29, 0.717) is 0 Å². The van der Waals surface area contributed by atoms with Gasteiger partial charge in [-0.2, -0.15) is 0 Å². The number of hydrogen-bond acceptors (Lipinski definition) is 1. The maximum atomic E-state index is 10.4. The van der Waals surface area contributed by atoms with Crippen LogP contribution in [-0.4, -0.2) is 21.5 Å². The van der Waals surface area contributed by atoms with Crippen molar-refractivity contribution in [3.63, 3.8) is 0 Å². The first-order chi connectivity index (χ1) is 5.75. The lowest BCUT2D eigenvalue weighted by atomic mass is 10.6. The fourth-order valence-corrected chi connectivity index (χ4v) is 11.3. The number of carbonyl (C=O) groups is 1. The van der Waals surface area contributed by atoms with Crippen LogP contribution in [0.25, 0.3) is 0 Å². The highest BCUT2D eigenvalue weighted by atomic mass is 29.3. The molecule has 0 spiro atoms. The molecule has 1 unspecified atom stereocenters. The van der Waals surface area contributed by atoms with E-state index in [0.717, 1.165) is 18.8 Å². The SMILES string of the molecule is C=C(C)[Si](C)(CCC=O)[Si](C)(C)C. The molecule has 0 aliphatic carbocycles. The largest absolute Gasteiger partial charge is 0.303 e. The molecule has 0 heterocycles. The van der Waals surface area contributed by atoms with Gasteiger partial charge in [-0.1, -0.05) is 31.4 Å². The molecule has 0 rings (SSSR count). The van der Waals surface area contributed by atoms with Crippen molar-refractivity contribution in [1.82, 2.24) is 0 Å². The van der Waals surface area contributed by atoms with Crippen LogP contribution in [0, 0.1) is 0 Å². The van der Waals surface area contributed by atoms with Crippen LogP contribution in [0.2, 0.25) is 32.2 Å². The van der Waals surface area contributed by atoms with Crippen LogP contribution in [0.5, 0.6) is 0 Å². The molecule has 3 heteroatoms. The normalized spacial score (nSPS) is 16.4. The van der Waals surface area contributed by atoms with E-state index in [2.05, 4.69) is 39.7 Å². The van der Waals surface area contributed by atoms with Gasteiger partial charge in [0.15, 0.2) is 0 Å². The van der Waals surface area contributed by atoms with E-state index in [4.69, 9.17) is 0 Å². The Bertz CT molecular complexity index is 205. The summed E-state index contributed by atoms with van der Waals surface area (Å²) in [5.41, 5.74) is 0. The summed E-state index contributed by atoms with van der Waals surface area (Å²) in [7, 11) is -2.47.